The molecule has 0 fully saturated rings. The molecular weight excluding hydrogens is 463 g/mol. The van der Waals surface area contributed by atoms with Crippen molar-refractivity contribution in [3.05, 3.63) is 48.3 Å². The standard InChI is InChI=1S/C24H32N4O3.2ClH/c1-5-28-20-10-9-19(16-21(20)27(4)22(29)24(2,3)23(28)30)31-15-7-13-25-14-11-18-8-6-12-26-17-18;;/h6,8-10,12,16-17,25H,5,7,11,13-15H2,1-4H3;2*1H. The van der Waals surface area contributed by atoms with E-state index in [0.717, 1.165) is 31.6 Å². The third kappa shape index (κ3) is 6.59. The number of amides is 2. The molecule has 1 aromatic heterocycles. The maximum Gasteiger partial charge on any atom is 0.242 e. The molecule has 2 amide bonds. The molecule has 1 aromatic carbocycles. The second kappa shape index (κ2) is 12.8. The first-order valence-electron chi connectivity index (χ1n) is 10.8. The molecule has 0 radical (unpaired) electrons. The van der Waals surface area contributed by atoms with Crippen LogP contribution in [0, 0.1) is 5.41 Å². The molecule has 0 bridgehead atoms. The smallest absolute Gasteiger partial charge is 0.242 e. The third-order valence-corrected chi connectivity index (χ3v) is 5.61. The van der Waals surface area contributed by atoms with Gasteiger partial charge >= 0.3 is 0 Å². The zero-order chi connectivity index (χ0) is 22.4. The first kappa shape index (κ1) is 28.7. The van der Waals surface area contributed by atoms with Gasteiger partial charge in [0.15, 0.2) is 0 Å². The lowest BCUT2D eigenvalue weighted by molar-refractivity contribution is -0.137. The van der Waals surface area contributed by atoms with E-state index in [2.05, 4.69) is 16.4 Å². The van der Waals surface area contributed by atoms with E-state index in [0.29, 0.717) is 24.6 Å². The molecule has 0 saturated heterocycles. The number of nitrogens with zero attached hydrogens (tertiary/aromatic N) is 3. The van der Waals surface area contributed by atoms with Crippen LogP contribution in [-0.2, 0) is 16.0 Å². The monoisotopic (exact) mass is 496 g/mol. The van der Waals surface area contributed by atoms with E-state index >= 15 is 0 Å². The predicted octanol–water partition coefficient (Wildman–Crippen LogP) is 3.88. The van der Waals surface area contributed by atoms with Gasteiger partial charge in [0.05, 0.1) is 18.0 Å². The van der Waals surface area contributed by atoms with Crippen molar-refractivity contribution in [3.63, 3.8) is 0 Å². The minimum atomic E-state index is -1.10. The number of anilines is 2. The lowest BCUT2D eigenvalue weighted by Crippen LogP contribution is -2.47. The second-order valence-electron chi connectivity index (χ2n) is 8.25. The quantitative estimate of drug-likeness (QED) is 0.421. The van der Waals surface area contributed by atoms with Gasteiger partial charge in [-0.05, 0) is 70.5 Å². The molecule has 0 atom stereocenters. The Kier molecular flexibility index (Phi) is 11.1. The number of fused-ring (bicyclic) bond motifs is 1. The van der Waals surface area contributed by atoms with Crippen LogP contribution in [0.5, 0.6) is 5.75 Å². The van der Waals surface area contributed by atoms with E-state index in [4.69, 9.17) is 4.74 Å². The van der Waals surface area contributed by atoms with E-state index in [1.807, 2.05) is 37.4 Å². The summed E-state index contributed by atoms with van der Waals surface area (Å²) in [6.07, 6.45) is 5.48. The van der Waals surface area contributed by atoms with Gasteiger partial charge in [0.2, 0.25) is 11.8 Å². The summed E-state index contributed by atoms with van der Waals surface area (Å²) in [5, 5.41) is 3.41. The predicted molar refractivity (Wildman–Crippen MR) is 137 cm³/mol. The fourth-order valence-electron chi connectivity index (χ4n) is 3.76. The van der Waals surface area contributed by atoms with Crippen LogP contribution in [0.1, 0.15) is 32.8 Å². The zero-order valence-corrected chi connectivity index (χ0v) is 21.3. The Labute approximate surface area is 208 Å². The number of hydrogen-bond acceptors (Lipinski definition) is 5. The molecule has 9 heteroatoms. The van der Waals surface area contributed by atoms with Gasteiger partial charge in [-0.3, -0.25) is 14.6 Å². The molecule has 1 aliphatic rings. The van der Waals surface area contributed by atoms with E-state index in [1.54, 1.807) is 36.9 Å². The highest BCUT2D eigenvalue weighted by Gasteiger charge is 2.45. The minimum absolute atomic E-state index is 0. The van der Waals surface area contributed by atoms with E-state index < -0.39 is 5.41 Å². The number of ether oxygens (including phenoxy) is 1. The summed E-state index contributed by atoms with van der Waals surface area (Å²) in [7, 11) is 1.71. The number of pyridine rings is 1. The van der Waals surface area contributed by atoms with Gasteiger partial charge in [-0.25, -0.2) is 0 Å². The summed E-state index contributed by atoms with van der Waals surface area (Å²) < 4.78 is 5.92. The van der Waals surface area contributed by atoms with Crippen molar-refractivity contribution >= 4 is 48.0 Å². The number of benzene rings is 1. The van der Waals surface area contributed by atoms with Gasteiger partial charge in [-0.2, -0.15) is 0 Å². The maximum absolute atomic E-state index is 12.9. The Morgan fingerprint density at radius 1 is 1.06 bits per heavy atom. The molecule has 3 rings (SSSR count). The maximum atomic E-state index is 12.9. The van der Waals surface area contributed by atoms with Crippen molar-refractivity contribution < 1.29 is 14.3 Å². The van der Waals surface area contributed by atoms with Gasteiger partial charge in [0.25, 0.3) is 0 Å². The van der Waals surface area contributed by atoms with Gasteiger partial charge in [0, 0.05) is 32.1 Å². The molecular formula is C24H34Cl2N4O3. The largest absolute Gasteiger partial charge is 0.493 e. The molecule has 7 nitrogen and oxygen atoms in total. The zero-order valence-electron chi connectivity index (χ0n) is 19.7. The van der Waals surface area contributed by atoms with Crippen molar-refractivity contribution in [1.29, 1.82) is 0 Å². The van der Waals surface area contributed by atoms with Crippen LogP contribution in [0.4, 0.5) is 11.4 Å². The summed E-state index contributed by atoms with van der Waals surface area (Å²) in [6, 6.07) is 9.60. The Bertz CT molecular complexity index is 925. The highest BCUT2D eigenvalue weighted by atomic mass is 35.5. The molecule has 0 aliphatic carbocycles. The summed E-state index contributed by atoms with van der Waals surface area (Å²) in [4.78, 5) is 33.2. The highest BCUT2D eigenvalue weighted by Crippen LogP contribution is 2.40. The molecule has 1 aliphatic heterocycles. The molecule has 33 heavy (non-hydrogen) atoms. The Morgan fingerprint density at radius 3 is 2.48 bits per heavy atom. The highest BCUT2D eigenvalue weighted by molar-refractivity contribution is 6.20. The number of aromatic nitrogens is 1. The molecule has 0 spiro atoms. The molecule has 1 N–H and O–H groups in total. The average molecular weight is 497 g/mol. The Balaban J connectivity index is 0.00000272. The van der Waals surface area contributed by atoms with Gasteiger partial charge in [0.1, 0.15) is 11.2 Å². The van der Waals surface area contributed by atoms with Crippen molar-refractivity contribution in [1.82, 2.24) is 10.3 Å². The Hall–Kier alpha value is -2.35. The van der Waals surface area contributed by atoms with Crippen molar-refractivity contribution in [2.45, 2.75) is 33.6 Å². The van der Waals surface area contributed by atoms with Gasteiger partial charge < -0.3 is 19.9 Å². The van der Waals surface area contributed by atoms with Crippen LogP contribution < -0.4 is 19.9 Å². The van der Waals surface area contributed by atoms with E-state index in [9.17, 15) is 9.59 Å². The topological polar surface area (TPSA) is 74.8 Å². The van der Waals surface area contributed by atoms with Crippen molar-refractivity contribution in [3.8, 4) is 5.75 Å². The average Bonchev–Trinajstić information content (AvgIpc) is 2.83. The second-order valence-corrected chi connectivity index (χ2v) is 8.25. The number of carbonyl (C=O) groups excluding carboxylic acids is 2. The molecule has 2 heterocycles. The number of carbonyl (C=O) groups is 2. The summed E-state index contributed by atoms with van der Waals surface area (Å²) in [5.41, 5.74) is 1.54. The van der Waals surface area contributed by atoms with E-state index in [-0.39, 0.29) is 36.6 Å². The fraction of sp³-hybridized carbons (Fsp3) is 0.458. The lowest BCUT2D eigenvalue weighted by Gasteiger charge is -2.27. The first-order valence-corrected chi connectivity index (χ1v) is 10.8. The SMILES string of the molecule is CCN1C(=O)C(C)(C)C(=O)N(C)c2cc(OCCCNCCc3cccnc3)ccc21.Cl.Cl. The Morgan fingerprint density at radius 2 is 1.82 bits per heavy atom. The van der Waals surface area contributed by atoms with Crippen molar-refractivity contribution in [2.75, 3.05) is 43.1 Å². The van der Waals surface area contributed by atoms with Crippen LogP contribution in [0.25, 0.3) is 0 Å². The lowest BCUT2D eigenvalue weighted by atomic mass is 9.90. The summed E-state index contributed by atoms with van der Waals surface area (Å²) in [6.45, 7) is 8.10. The number of hydrogen-bond donors (Lipinski definition) is 1. The van der Waals surface area contributed by atoms with Gasteiger partial charge in [-0.15, -0.1) is 24.8 Å². The molecule has 182 valence electrons. The van der Waals surface area contributed by atoms with Crippen LogP contribution in [0.3, 0.4) is 0 Å². The fourth-order valence-corrected chi connectivity index (χ4v) is 3.76. The van der Waals surface area contributed by atoms with Crippen LogP contribution >= 0.6 is 24.8 Å². The molecule has 0 unspecified atom stereocenters. The number of halogens is 2. The number of rotatable bonds is 9. The summed E-state index contributed by atoms with van der Waals surface area (Å²) in [5.74, 6) is 0.290. The van der Waals surface area contributed by atoms with E-state index in [1.165, 1.54) is 5.56 Å². The first-order chi connectivity index (χ1) is 14.9. The van der Waals surface area contributed by atoms with Crippen LogP contribution in [-0.4, -0.2) is 50.1 Å². The minimum Gasteiger partial charge on any atom is -0.493 e. The third-order valence-electron chi connectivity index (χ3n) is 5.61. The van der Waals surface area contributed by atoms with Crippen LogP contribution in [0.15, 0.2) is 42.7 Å². The van der Waals surface area contributed by atoms with Crippen LogP contribution in [0.2, 0.25) is 0 Å². The van der Waals surface area contributed by atoms with Crippen molar-refractivity contribution in [2.24, 2.45) is 5.41 Å². The van der Waals surface area contributed by atoms with Gasteiger partial charge in [-0.1, -0.05) is 6.07 Å². The number of nitrogens with one attached hydrogen (secondary N) is 1. The summed E-state index contributed by atoms with van der Waals surface area (Å²) >= 11 is 0. The molecule has 2 aromatic rings. The molecule has 0 saturated carbocycles. The normalized spacial score (nSPS) is 14.7.